The quantitative estimate of drug-likeness (QED) is 0.348. The maximum atomic E-state index is 4.10. The third kappa shape index (κ3) is 10.5. The Balaban J connectivity index is 0.000000658. The van der Waals surface area contributed by atoms with Gasteiger partial charge in [-0.3, -0.25) is 0 Å². The number of piperidine rings is 1. The van der Waals surface area contributed by atoms with Crippen molar-refractivity contribution in [1.82, 2.24) is 10.2 Å². The molecule has 1 aromatic rings. The van der Waals surface area contributed by atoms with Crippen LogP contribution in [0.1, 0.15) is 97.5 Å². The predicted molar refractivity (Wildman–Crippen MR) is 158 cm³/mol. The number of nitrogens with one attached hydrogen (secondary N) is 1. The van der Waals surface area contributed by atoms with E-state index < -0.39 is 0 Å². The lowest BCUT2D eigenvalue weighted by Crippen LogP contribution is -2.44. The molecule has 1 aromatic carbocycles. The molecule has 202 valence electrons. The SMILES string of the molecule is C=C/C=C\C.CC1CC(NC2CC[C@@H](CN3CCC(CCCc4ccccc4)CC3)C2)CC(C)(C)C1. The first-order valence-electron chi connectivity index (χ1n) is 15.1. The van der Waals surface area contributed by atoms with Crippen molar-refractivity contribution < 1.29 is 0 Å². The molecule has 0 radical (unpaired) electrons. The summed E-state index contributed by atoms with van der Waals surface area (Å²) in [7, 11) is 0. The zero-order chi connectivity index (χ0) is 25.8. The minimum Gasteiger partial charge on any atom is -0.311 e. The summed E-state index contributed by atoms with van der Waals surface area (Å²) < 4.78 is 0. The molecule has 1 N–H and O–H groups in total. The normalized spacial score (nSPS) is 29.1. The highest BCUT2D eigenvalue weighted by atomic mass is 15.1. The van der Waals surface area contributed by atoms with Gasteiger partial charge in [0.1, 0.15) is 0 Å². The van der Waals surface area contributed by atoms with Crippen LogP contribution in [0.15, 0.2) is 55.1 Å². The van der Waals surface area contributed by atoms with Crippen molar-refractivity contribution in [2.45, 2.75) is 110 Å². The fourth-order valence-electron chi connectivity index (χ4n) is 7.40. The smallest absolute Gasteiger partial charge is 0.00772 e. The first-order valence-corrected chi connectivity index (χ1v) is 15.1. The number of likely N-dealkylation sites (tertiary alicyclic amines) is 1. The van der Waals surface area contributed by atoms with Crippen LogP contribution < -0.4 is 5.32 Å². The van der Waals surface area contributed by atoms with Crippen molar-refractivity contribution in [3.05, 3.63) is 60.7 Å². The van der Waals surface area contributed by atoms with Gasteiger partial charge in [-0.25, -0.2) is 0 Å². The number of allylic oxidation sites excluding steroid dienone is 3. The van der Waals surface area contributed by atoms with E-state index >= 15 is 0 Å². The molecule has 3 unspecified atom stereocenters. The standard InChI is InChI=1S/C29H48N2.C5H8/c1-23-18-28(21-29(2,3)20-23)30-27-13-12-26(19-27)22-31-16-14-25(15-17-31)11-7-10-24-8-5-4-6-9-24;1-3-5-4-2/h4-6,8-9,23,25-28,30H,7,10-22H2,1-3H3;3-5H,1H2,2H3/b;5-4-/t23?,26-,27?,28?;/m1./s1. The van der Waals surface area contributed by atoms with Crippen LogP contribution >= 0.6 is 0 Å². The molecule has 0 amide bonds. The van der Waals surface area contributed by atoms with Crippen LogP contribution in [-0.2, 0) is 6.42 Å². The fraction of sp³-hybridized carbons (Fsp3) is 0.706. The first-order chi connectivity index (χ1) is 17.4. The third-order valence-electron chi connectivity index (χ3n) is 8.87. The lowest BCUT2D eigenvalue weighted by atomic mass is 9.70. The summed E-state index contributed by atoms with van der Waals surface area (Å²) in [6.45, 7) is 16.9. The van der Waals surface area contributed by atoms with E-state index in [-0.39, 0.29) is 0 Å². The molecule has 2 saturated carbocycles. The van der Waals surface area contributed by atoms with Crippen LogP contribution in [-0.4, -0.2) is 36.6 Å². The van der Waals surface area contributed by atoms with Crippen molar-refractivity contribution in [2.24, 2.45) is 23.2 Å². The van der Waals surface area contributed by atoms with E-state index in [1.54, 1.807) is 6.08 Å². The van der Waals surface area contributed by atoms with E-state index in [0.717, 1.165) is 29.8 Å². The number of nitrogens with zero attached hydrogens (tertiary/aromatic N) is 1. The van der Waals surface area contributed by atoms with Crippen molar-refractivity contribution in [2.75, 3.05) is 19.6 Å². The molecular weight excluding hydrogens is 436 g/mol. The van der Waals surface area contributed by atoms with Gasteiger partial charge in [-0.15, -0.1) is 0 Å². The van der Waals surface area contributed by atoms with Crippen molar-refractivity contribution in [3.63, 3.8) is 0 Å². The van der Waals surface area contributed by atoms with Gasteiger partial charge in [0.05, 0.1) is 0 Å². The van der Waals surface area contributed by atoms with E-state index in [1.807, 2.05) is 19.1 Å². The van der Waals surface area contributed by atoms with Crippen LogP contribution in [0, 0.1) is 23.2 Å². The summed E-state index contributed by atoms with van der Waals surface area (Å²) in [6, 6.07) is 12.6. The highest BCUT2D eigenvalue weighted by Gasteiger charge is 2.35. The molecule has 2 heteroatoms. The highest BCUT2D eigenvalue weighted by Crippen LogP contribution is 2.39. The maximum Gasteiger partial charge on any atom is 0.00772 e. The van der Waals surface area contributed by atoms with Crippen molar-refractivity contribution >= 4 is 0 Å². The van der Waals surface area contributed by atoms with Gasteiger partial charge in [0.25, 0.3) is 0 Å². The second-order valence-electron chi connectivity index (χ2n) is 13.0. The molecule has 4 atom stereocenters. The minimum absolute atomic E-state index is 0.527. The second kappa shape index (κ2) is 15.1. The first kappa shape index (κ1) is 29.2. The Morgan fingerprint density at radius 1 is 0.972 bits per heavy atom. The third-order valence-corrected chi connectivity index (χ3v) is 8.87. The van der Waals surface area contributed by atoms with E-state index in [4.69, 9.17) is 0 Å². The number of hydrogen-bond donors (Lipinski definition) is 1. The van der Waals surface area contributed by atoms with E-state index in [2.05, 4.69) is 67.9 Å². The van der Waals surface area contributed by atoms with Crippen molar-refractivity contribution in [3.8, 4) is 0 Å². The molecular formula is C34H56N2. The molecule has 3 fully saturated rings. The van der Waals surface area contributed by atoms with Gasteiger partial charge in [0, 0.05) is 18.6 Å². The van der Waals surface area contributed by atoms with Crippen LogP contribution in [0.25, 0.3) is 0 Å². The summed E-state index contributed by atoms with van der Waals surface area (Å²) in [5, 5.41) is 4.10. The summed E-state index contributed by atoms with van der Waals surface area (Å²) in [6.07, 6.45) is 20.9. The van der Waals surface area contributed by atoms with Gasteiger partial charge in [0.2, 0.25) is 0 Å². The van der Waals surface area contributed by atoms with Crippen LogP contribution in [0.4, 0.5) is 0 Å². The molecule has 2 aliphatic carbocycles. The lowest BCUT2D eigenvalue weighted by molar-refractivity contribution is 0.141. The Kier molecular flexibility index (Phi) is 12.3. The second-order valence-corrected chi connectivity index (χ2v) is 13.0. The minimum atomic E-state index is 0.527. The lowest BCUT2D eigenvalue weighted by Gasteiger charge is -2.40. The number of hydrogen-bond acceptors (Lipinski definition) is 2. The number of aryl methyl sites for hydroxylation is 1. The Bertz CT molecular complexity index is 759. The molecule has 0 bridgehead atoms. The zero-order valence-corrected chi connectivity index (χ0v) is 24.1. The zero-order valence-electron chi connectivity index (χ0n) is 24.1. The van der Waals surface area contributed by atoms with Gasteiger partial charge in [0.15, 0.2) is 0 Å². The van der Waals surface area contributed by atoms with E-state index in [1.165, 1.54) is 95.8 Å². The molecule has 4 rings (SSSR count). The monoisotopic (exact) mass is 492 g/mol. The predicted octanol–water partition coefficient (Wildman–Crippen LogP) is 8.44. The molecule has 3 aliphatic rings. The Hall–Kier alpha value is -1.38. The van der Waals surface area contributed by atoms with Gasteiger partial charge in [-0.1, -0.05) is 82.3 Å². The molecule has 0 aromatic heterocycles. The maximum absolute atomic E-state index is 4.10. The number of rotatable bonds is 9. The average Bonchev–Trinajstić information content (AvgIpc) is 3.27. The fourth-order valence-corrected chi connectivity index (χ4v) is 7.40. The van der Waals surface area contributed by atoms with Crippen molar-refractivity contribution in [1.29, 1.82) is 0 Å². The molecule has 1 heterocycles. The topological polar surface area (TPSA) is 15.3 Å². The molecule has 2 nitrogen and oxygen atoms in total. The Labute approximate surface area is 224 Å². The molecule has 1 saturated heterocycles. The van der Waals surface area contributed by atoms with Gasteiger partial charge in [-0.05, 0) is 113 Å². The summed E-state index contributed by atoms with van der Waals surface area (Å²) in [5.41, 5.74) is 2.04. The summed E-state index contributed by atoms with van der Waals surface area (Å²) >= 11 is 0. The largest absolute Gasteiger partial charge is 0.311 e. The van der Waals surface area contributed by atoms with Crippen LogP contribution in [0.5, 0.6) is 0 Å². The summed E-state index contributed by atoms with van der Waals surface area (Å²) in [5.74, 6) is 2.78. The van der Waals surface area contributed by atoms with Gasteiger partial charge in [-0.2, -0.15) is 0 Å². The van der Waals surface area contributed by atoms with E-state index in [0.29, 0.717) is 5.41 Å². The van der Waals surface area contributed by atoms with Crippen LogP contribution in [0.3, 0.4) is 0 Å². The van der Waals surface area contributed by atoms with Crippen LogP contribution in [0.2, 0.25) is 0 Å². The Morgan fingerprint density at radius 2 is 1.72 bits per heavy atom. The molecule has 36 heavy (non-hydrogen) atoms. The highest BCUT2D eigenvalue weighted by molar-refractivity contribution is 5.14. The van der Waals surface area contributed by atoms with Gasteiger partial charge < -0.3 is 10.2 Å². The number of benzene rings is 1. The van der Waals surface area contributed by atoms with Gasteiger partial charge >= 0.3 is 0 Å². The Morgan fingerprint density at radius 3 is 2.36 bits per heavy atom. The summed E-state index contributed by atoms with van der Waals surface area (Å²) in [4.78, 5) is 2.80. The van der Waals surface area contributed by atoms with E-state index in [9.17, 15) is 0 Å². The molecule has 1 aliphatic heterocycles. The molecule has 0 spiro atoms. The average molecular weight is 493 g/mol.